The first-order valence-electron chi connectivity index (χ1n) is 4.77. The SMILES string of the molecule is O=C(NC(P(=O)(O)O)P(=O)(O)O)n1cc(F)c(=O)[nH]c1=O. The fourth-order valence-corrected chi connectivity index (χ4v) is 3.27. The maximum Gasteiger partial charge on any atom is 0.360 e. The molecule has 1 heterocycles. The molecule has 21 heavy (non-hydrogen) atoms. The molecule has 1 aromatic rings. The van der Waals surface area contributed by atoms with Gasteiger partial charge in [0.1, 0.15) is 0 Å². The van der Waals surface area contributed by atoms with Gasteiger partial charge in [-0.15, -0.1) is 0 Å². The normalized spacial score (nSPS) is 12.5. The van der Waals surface area contributed by atoms with E-state index in [9.17, 15) is 27.9 Å². The highest BCUT2D eigenvalue weighted by molar-refractivity contribution is 7.70. The molecule has 0 radical (unpaired) electrons. The zero-order valence-electron chi connectivity index (χ0n) is 9.70. The molecule has 1 amide bonds. The van der Waals surface area contributed by atoms with Crippen LogP contribution < -0.4 is 16.6 Å². The lowest BCUT2D eigenvalue weighted by molar-refractivity contribution is 0.237. The van der Waals surface area contributed by atoms with E-state index in [1.807, 2.05) is 0 Å². The summed E-state index contributed by atoms with van der Waals surface area (Å²) in [4.78, 5) is 69.9. The highest BCUT2D eigenvalue weighted by atomic mass is 31.2. The van der Waals surface area contributed by atoms with Crippen molar-refractivity contribution >= 4 is 21.2 Å². The van der Waals surface area contributed by atoms with Crippen LogP contribution in [-0.2, 0) is 9.13 Å². The molecule has 0 saturated carbocycles. The molecule has 0 saturated heterocycles. The van der Waals surface area contributed by atoms with E-state index in [-0.39, 0.29) is 10.8 Å². The number of hydrogen-bond donors (Lipinski definition) is 6. The van der Waals surface area contributed by atoms with Crippen LogP contribution in [0.15, 0.2) is 15.8 Å². The summed E-state index contributed by atoms with van der Waals surface area (Å²) in [6.45, 7) is 0. The molecule has 0 aliphatic heterocycles. The second-order valence-electron chi connectivity index (χ2n) is 3.61. The van der Waals surface area contributed by atoms with E-state index in [1.165, 1.54) is 10.3 Å². The van der Waals surface area contributed by atoms with Gasteiger partial charge in [0.15, 0.2) is 0 Å². The van der Waals surface area contributed by atoms with Gasteiger partial charge in [-0.1, -0.05) is 0 Å². The molecule has 0 aliphatic rings. The Labute approximate surface area is 113 Å². The maximum atomic E-state index is 12.9. The number of H-pyrrole nitrogens is 1. The standard InChI is InChI=1S/C6H8FN3O9P2/c7-2-1-10(4(12)8-3(2)11)5(13)9-6(20(14,15)16)21(17,18)19/h1,6H,(H,9,13)(H,8,11,12)(H2,14,15,16)(H2,17,18,19). The first-order chi connectivity index (χ1) is 9.34. The van der Waals surface area contributed by atoms with Crippen LogP contribution >= 0.6 is 15.2 Å². The van der Waals surface area contributed by atoms with Crippen molar-refractivity contribution < 1.29 is 37.9 Å². The van der Waals surface area contributed by atoms with Gasteiger partial charge in [-0.25, -0.2) is 14.2 Å². The minimum absolute atomic E-state index is 0.0902. The van der Waals surface area contributed by atoms with Gasteiger partial charge in [-0.3, -0.25) is 18.9 Å². The number of nitrogens with zero attached hydrogens (tertiary/aromatic N) is 1. The summed E-state index contributed by atoms with van der Waals surface area (Å²) in [5.41, 5.74) is -5.86. The predicted octanol–water partition coefficient (Wildman–Crippen LogP) is -2.13. The molecule has 0 unspecified atom stereocenters. The van der Waals surface area contributed by atoms with Crippen LogP contribution in [0.1, 0.15) is 0 Å². The molecule has 1 rings (SSSR count). The second kappa shape index (κ2) is 5.64. The molecule has 0 spiro atoms. The first-order valence-corrected chi connectivity index (χ1v) is 8.13. The topological polar surface area (TPSA) is 199 Å². The first kappa shape index (κ1) is 17.4. The Balaban J connectivity index is 3.25. The van der Waals surface area contributed by atoms with Gasteiger partial charge < -0.3 is 24.9 Å². The molecule has 0 bridgehead atoms. The molecule has 15 heteroatoms. The molecule has 0 aliphatic carbocycles. The van der Waals surface area contributed by atoms with Crippen LogP contribution in [0.3, 0.4) is 0 Å². The average Bonchev–Trinajstić information content (AvgIpc) is 2.27. The zero-order chi connectivity index (χ0) is 16.6. The van der Waals surface area contributed by atoms with Crippen molar-refractivity contribution in [3.05, 3.63) is 32.9 Å². The summed E-state index contributed by atoms with van der Waals surface area (Å²) in [7, 11) is -11.0. The van der Waals surface area contributed by atoms with Crippen LogP contribution in [-0.4, -0.2) is 40.7 Å². The number of rotatable bonds is 3. The lowest BCUT2D eigenvalue weighted by atomic mass is 10.6. The number of amides is 1. The van der Waals surface area contributed by atoms with E-state index in [1.54, 1.807) is 0 Å². The Morgan fingerprint density at radius 2 is 1.71 bits per heavy atom. The van der Waals surface area contributed by atoms with E-state index in [0.717, 1.165) is 0 Å². The monoisotopic (exact) mass is 347 g/mol. The third-order valence-corrected chi connectivity index (χ3v) is 5.34. The fourth-order valence-electron chi connectivity index (χ4n) is 1.14. The molecule has 1 aromatic heterocycles. The Morgan fingerprint density at radius 1 is 1.24 bits per heavy atom. The van der Waals surface area contributed by atoms with Crippen molar-refractivity contribution in [2.45, 2.75) is 5.52 Å². The van der Waals surface area contributed by atoms with E-state index in [0.29, 0.717) is 0 Å². The van der Waals surface area contributed by atoms with Gasteiger partial charge in [0.05, 0.1) is 6.20 Å². The molecule has 0 aromatic carbocycles. The molecule has 0 fully saturated rings. The van der Waals surface area contributed by atoms with Crippen molar-refractivity contribution in [1.82, 2.24) is 14.9 Å². The molecular weight excluding hydrogens is 339 g/mol. The van der Waals surface area contributed by atoms with Gasteiger partial charge in [0.2, 0.25) is 11.3 Å². The molecule has 0 atom stereocenters. The minimum Gasteiger partial charge on any atom is -0.323 e. The maximum absolute atomic E-state index is 12.9. The Kier molecular flexibility index (Phi) is 4.68. The Morgan fingerprint density at radius 3 is 2.14 bits per heavy atom. The summed E-state index contributed by atoms with van der Waals surface area (Å²) in [5.74, 6) is -1.58. The van der Waals surface area contributed by atoms with E-state index >= 15 is 0 Å². The summed E-state index contributed by atoms with van der Waals surface area (Å²) in [6.07, 6.45) is 0.0902. The summed E-state index contributed by atoms with van der Waals surface area (Å²) >= 11 is 0. The average molecular weight is 347 g/mol. The van der Waals surface area contributed by atoms with Crippen LogP contribution in [0.25, 0.3) is 0 Å². The van der Waals surface area contributed by atoms with Crippen molar-refractivity contribution in [3.63, 3.8) is 0 Å². The van der Waals surface area contributed by atoms with Crippen LogP contribution in [0.4, 0.5) is 9.18 Å². The lowest BCUT2D eigenvalue weighted by Gasteiger charge is -2.20. The molecule has 118 valence electrons. The molecule has 6 N–H and O–H groups in total. The van der Waals surface area contributed by atoms with Gasteiger partial charge in [-0.05, 0) is 0 Å². The van der Waals surface area contributed by atoms with Gasteiger partial charge in [0.25, 0.3) is 5.56 Å². The van der Waals surface area contributed by atoms with Crippen LogP contribution in [0.2, 0.25) is 0 Å². The smallest absolute Gasteiger partial charge is 0.323 e. The molecule has 12 nitrogen and oxygen atoms in total. The summed E-state index contributed by atoms with van der Waals surface area (Å²) in [5, 5.41) is 1.21. The number of carbonyl (C=O) groups excluding carboxylic acids is 1. The van der Waals surface area contributed by atoms with Gasteiger partial charge >= 0.3 is 26.9 Å². The highest BCUT2D eigenvalue weighted by Gasteiger charge is 2.45. The van der Waals surface area contributed by atoms with Gasteiger partial charge in [-0.2, -0.15) is 4.39 Å². The largest absolute Gasteiger partial charge is 0.360 e. The second-order valence-corrected chi connectivity index (χ2v) is 7.40. The van der Waals surface area contributed by atoms with Crippen molar-refractivity contribution in [2.24, 2.45) is 0 Å². The number of aromatic nitrogens is 2. The predicted molar refractivity (Wildman–Crippen MR) is 63.1 cm³/mol. The van der Waals surface area contributed by atoms with Crippen LogP contribution in [0.5, 0.6) is 0 Å². The van der Waals surface area contributed by atoms with Crippen molar-refractivity contribution in [1.29, 1.82) is 0 Å². The van der Waals surface area contributed by atoms with Crippen molar-refractivity contribution in [2.75, 3.05) is 0 Å². The van der Waals surface area contributed by atoms with E-state index < -0.39 is 43.8 Å². The van der Waals surface area contributed by atoms with Crippen LogP contribution in [0, 0.1) is 5.82 Å². The Bertz CT molecular complexity index is 750. The minimum atomic E-state index is -5.48. The number of nitrogens with one attached hydrogen (secondary N) is 2. The highest BCUT2D eigenvalue weighted by Crippen LogP contribution is 2.58. The fraction of sp³-hybridized carbons (Fsp3) is 0.167. The number of hydrogen-bond acceptors (Lipinski definition) is 5. The van der Waals surface area contributed by atoms with E-state index in [2.05, 4.69) is 0 Å². The van der Waals surface area contributed by atoms with E-state index in [4.69, 9.17) is 19.6 Å². The third kappa shape index (κ3) is 4.17. The number of aromatic amines is 1. The zero-order valence-corrected chi connectivity index (χ0v) is 11.5. The number of halogens is 1. The summed E-state index contributed by atoms with van der Waals surface area (Å²) in [6, 6.07) is -1.76. The Hall–Kier alpha value is -1.62. The quantitative estimate of drug-likeness (QED) is 0.330. The number of carbonyl (C=O) groups is 1. The lowest BCUT2D eigenvalue weighted by Crippen LogP contribution is -2.44. The van der Waals surface area contributed by atoms with Crippen molar-refractivity contribution in [3.8, 4) is 0 Å². The summed E-state index contributed by atoms with van der Waals surface area (Å²) < 4.78 is 34.6. The molecular formula is C6H8FN3O9P2. The van der Waals surface area contributed by atoms with Gasteiger partial charge in [0, 0.05) is 0 Å². The third-order valence-electron chi connectivity index (χ3n) is 2.01.